The smallest absolute Gasteiger partial charge is 0.275 e. The molecule has 0 bridgehead atoms. The van der Waals surface area contributed by atoms with Gasteiger partial charge in [-0.25, -0.2) is 4.98 Å². The zero-order chi connectivity index (χ0) is 24.5. The predicted molar refractivity (Wildman–Crippen MR) is 128 cm³/mol. The maximum absolute atomic E-state index is 12.7. The number of nitrogens with one attached hydrogen (secondary N) is 4. The molecule has 1 aliphatic heterocycles. The minimum atomic E-state index is -1.54. The van der Waals surface area contributed by atoms with Gasteiger partial charge in [0, 0.05) is 26.8 Å². The maximum atomic E-state index is 12.7. The van der Waals surface area contributed by atoms with E-state index in [-0.39, 0.29) is 24.8 Å². The number of aliphatic hydroxyl groups is 2. The fourth-order valence-corrected chi connectivity index (χ4v) is 3.20. The highest BCUT2D eigenvalue weighted by Crippen LogP contribution is 2.20. The molecular formula is C22H34N8O3. The third-order valence-electron chi connectivity index (χ3n) is 4.87. The number of hydrogen-bond donors (Lipinski definition) is 6. The third kappa shape index (κ3) is 6.86. The molecule has 0 saturated heterocycles. The standard InChI is InChI=1S/C20H25N7O3.C2H7N.H2/c1-12(2)27(11-21)18(22)15-4-3-5-17(24-15)25-19(28)16-8-14-10-26(20(29)30)7-6-13(14)9-23-16;1-3-2;/h3-5,8-9,11-12,20-22,29-30H,6-7,10H2,1-2H3,(H,24,25,28);3H,1-2H3;1H. The van der Waals surface area contributed by atoms with Crippen molar-refractivity contribution in [2.45, 2.75) is 39.3 Å². The lowest BCUT2D eigenvalue weighted by Crippen LogP contribution is -2.39. The molecule has 3 heterocycles. The van der Waals surface area contributed by atoms with Crippen LogP contribution in [0.4, 0.5) is 5.82 Å². The van der Waals surface area contributed by atoms with Gasteiger partial charge in [-0.05, 0) is 63.7 Å². The van der Waals surface area contributed by atoms with Crippen LogP contribution in [0.2, 0.25) is 0 Å². The van der Waals surface area contributed by atoms with Crippen molar-refractivity contribution in [2.24, 2.45) is 0 Å². The second-order valence-electron chi connectivity index (χ2n) is 7.75. The minimum absolute atomic E-state index is 0. The van der Waals surface area contributed by atoms with Crippen LogP contribution in [0.5, 0.6) is 0 Å². The quantitative estimate of drug-likeness (QED) is 0.213. The molecule has 0 unspecified atom stereocenters. The Balaban J connectivity index is 0.00000137. The van der Waals surface area contributed by atoms with Crippen molar-refractivity contribution in [3.05, 3.63) is 53.0 Å². The fourth-order valence-electron chi connectivity index (χ4n) is 3.20. The van der Waals surface area contributed by atoms with Crippen LogP contribution in [0, 0.1) is 10.8 Å². The molecule has 11 nitrogen and oxygen atoms in total. The molecule has 2 aromatic heterocycles. The number of carbonyl (C=O) groups is 1. The number of fused-ring (bicyclic) bond motifs is 1. The first kappa shape index (κ1) is 26.0. The van der Waals surface area contributed by atoms with Crippen molar-refractivity contribution in [1.82, 2.24) is 25.1 Å². The monoisotopic (exact) mass is 458 g/mol. The lowest BCUT2D eigenvalue weighted by atomic mass is 10.0. The van der Waals surface area contributed by atoms with Crippen molar-refractivity contribution in [3.63, 3.8) is 0 Å². The van der Waals surface area contributed by atoms with E-state index in [4.69, 9.17) is 10.8 Å². The van der Waals surface area contributed by atoms with E-state index in [0.29, 0.717) is 25.2 Å². The van der Waals surface area contributed by atoms with Gasteiger partial charge < -0.3 is 25.7 Å². The van der Waals surface area contributed by atoms with Gasteiger partial charge in [0.15, 0.2) is 5.84 Å². The average Bonchev–Trinajstić information content (AvgIpc) is 2.79. The van der Waals surface area contributed by atoms with E-state index >= 15 is 0 Å². The Morgan fingerprint density at radius 2 is 1.97 bits per heavy atom. The highest BCUT2D eigenvalue weighted by molar-refractivity contribution is 6.04. The second-order valence-corrected chi connectivity index (χ2v) is 7.75. The number of aliphatic hydroxyl groups excluding tert-OH is 1. The number of aromatic nitrogens is 2. The molecule has 1 amide bonds. The molecule has 0 saturated carbocycles. The third-order valence-corrected chi connectivity index (χ3v) is 4.87. The fraction of sp³-hybridized carbons (Fsp3) is 0.409. The lowest BCUT2D eigenvalue weighted by Gasteiger charge is -2.29. The van der Waals surface area contributed by atoms with Gasteiger partial charge in [-0.1, -0.05) is 6.07 Å². The normalized spacial score (nSPS) is 13.1. The average molecular weight is 459 g/mol. The molecule has 0 aromatic carbocycles. The first-order chi connectivity index (χ1) is 15.7. The molecule has 180 valence electrons. The van der Waals surface area contributed by atoms with Crippen LogP contribution in [0.25, 0.3) is 0 Å². The lowest BCUT2D eigenvalue weighted by molar-refractivity contribution is -0.160. The van der Waals surface area contributed by atoms with Gasteiger partial charge in [0.2, 0.25) is 6.41 Å². The zero-order valence-corrected chi connectivity index (χ0v) is 19.3. The molecule has 2 aromatic rings. The second kappa shape index (κ2) is 12.1. The Labute approximate surface area is 195 Å². The van der Waals surface area contributed by atoms with Crippen LogP contribution < -0.4 is 10.6 Å². The van der Waals surface area contributed by atoms with E-state index in [0.717, 1.165) is 17.5 Å². The minimum Gasteiger partial charge on any atom is -0.356 e. The van der Waals surface area contributed by atoms with Crippen LogP contribution in [0.1, 0.15) is 42.6 Å². The summed E-state index contributed by atoms with van der Waals surface area (Å²) in [5.41, 5.74) is 2.30. The summed E-state index contributed by atoms with van der Waals surface area (Å²) in [7, 11) is 3.75. The van der Waals surface area contributed by atoms with Gasteiger partial charge in [-0.2, -0.15) is 0 Å². The molecule has 0 aliphatic carbocycles. The maximum Gasteiger partial charge on any atom is 0.275 e. The summed E-state index contributed by atoms with van der Waals surface area (Å²) in [6.07, 6.45) is 1.78. The molecular weight excluding hydrogens is 424 g/mol. The van der Waals surface area contributed by atoms with E-state index < -0.39 is 12.3 Å². The SMILES string of the molecule is CC(C)N(C=N)C(=N)c1cccc(NC(=O)c2cc3c(cn2)CCN(C(O)O)C3)n1.CNC.[HH]. The Kier molecular flexibility index (Phi) is 9.55. The molecule has 3 rings (SSSR count). The van der Waals surface area contributed by atoms with E-state index in [9.17, 15) is 15.0 Å². The van der Waals surface area contributed by atoms with Gasteiger partial charge in [0.1, 0.15) is 17.2 Å². The number of hydrogen-bond acceptors (Lipinski definition) is 9. The van der Waals surface area contributed by atoms with E-state index in [2.05, 4.69) is 20.6 Å². The number of rotatable bonds is 6. The van der Waals surface area contributed by atoms with Crippen molar-refractivity contribution in [1.29, 1.82) is 10.8 Å². The van der Waals surface area contributed by atoms with E-state index in [1.54, 1.807) is 30.5 Å². The molecule has 0 radical (unpaired) electrons. The first-order valence-corrected chi connectivity index (χ1v) is 10.5. The number of carbonyl (C=O) groups excluding carboxylic acids is 1. The number of amidine groups is 1. The van der Waals surface area contributed by atoms with Crippen molar-refractivity contribution < 1.29 is 16.4 Å². The predicted octanol–water partition coefficient (Wildman–Crippen LogP) is 1.08. The molecule has 0 spiro atoms. The summed E-state index contributed by atoms with van der Waals surface area (Å²) in [6.45, 7) is 4.55. The van der Waals surface area contributed by atoms with Gasteiger partial charge >= 0.3 is 0 Å². The highest BCUT2D eigenvalue weighted by atomic mass is 16.5. The van der Waals surface area contributed by atoms with Gasteiger partial charge in [0.25, 0.3) is 5.91 Å². The molecule has 33 heavy (non-hydrogen) atoms. The molecule has 6 N–H and O–H groups in total. The van der Waals surface area contributed by atoms with E-state index in [1.165, 1.54) is 9.80 Å². The largest absolute Gasteiger partial charge is 0.356 e. The Morgan fingerprint density at radius 1 is 1.27 bits per heavy atom. The molecule has 11 heteroatoms. The van der Waals surface area contributed by atoms with E-state index in [1.807, 2.05) is 27.9 Å². The van der Waals surface area contributed by atoms with Crippen LogP contribution >= 0.6 is 0 Å². The van der Waals surface area contributed by atoms with Crippen LogP contribution in [0.15, 0.2) is 30.5 Å². The molecule has 0 fully saturated rings. The number of anilines is 1. The van der Waals surface area contributed by atoms with Crippen molar-refractivity contribution in [2.75, 3.05) is 26.0 Å². The van der Waals surface area contributed by atoms with Gasteiger partial charge in [-0.3, -0.25) is 25.5 Å². The van der Waals surface area contributed by atoms with Gasteiger partial charge in [-0.15, -0.1) is 0 Å². The Hall–Kier alpha value is -3.25. The highest BCUT2D eigenvalue weighted by Gasteiger charge is 2.22. The van der Waals surface area contributed by atoms with Crippen molar-refractivity contribution >= 4 is 23.9 Å². The summed E-state index contributed by atoms with van der Waals surface area (Å²) in [4.78, 5) is 24.1. The topological polar surface area (TPSA) is 162 Å². The number of nitrogens with zero attached hydrogens (tertiary/aromatic N) is 4. The zero-order valence-electron chi connectivity index (χ0n) is 19.3. The summed E-state index contributed by atoms with van der Waals surface area (Å²) in [5.74, 6) is -0.128. The number of amides is 1. The summed E-state index contributed by atoms with van der Waals surface area (Å²) in [5, 5.41) is 39.9. The number of pyridine rings is 2. The molecule has 1 aliphatic rings. The summed E-state index contributed by atoms with van der Waals surface area (Å²) >= 11 is 0. The Morgan fingerprint density at radius 3 is 2.58 bits per heavy atom. The van der Waals surface area contributed by atoms with Crippen LogP contribution in [0.3, 0.4) is 0 Å². The summed E-state index contributed by atoms with van der Waals surface area (Å²) in [6, 6.07) is 6.49. The Bertz CT molecular complexity index is 986. The van der Waals surface area contributed by atoms with Gasteiger partial charge in [0.05, 0.1) is 6.34 Å². The summed E-state index contributed by atoms with van der Waals surface area (Å²) < 4.78 is 0. The first-order valence-electron chi connectivity index (χ1n) is 10.5. The van der Waals surface area contributed by atoms with Crippen LogP contribution in [-0.4, -0.2) is 81.2 Å². The van der Waals surface area contributed by atoms with Crippen molar-refractivity contribution in [3.8, 4) is 0 Å². The van der Waals surface area contributed by atoms with Crippen LogP contribution in [-0.2, 0) is 13.0 Å². The molecule has 0 atom stereocenters.